The number of nitriles is 1. The van der Waals surface area contributed by atoms with Crippen LogP contribution in [0.4, 0.5) is 10.2 Å². The SMILES string of the molecule is CC1Oc2cc(cnc2N)-c2c(nn(C)c2C#N)OCC2(CC2)Oc2ccc(F)cc21. The number of benzene rings is 1. The number of hydrogen-bond acceptors (Lipinski definition) is 7. The summed E-state index contributed by atoms with van der Waals surface area (Å²) in [4.78, 5) is 4.23. The van der Waals surface area contributed by atoms with Gasteiger partial charge in [-0.05, 0) is 44.0 Å². The van der Waals surface area contributed by atoms with Crippen LogP contribution in [0.15, 0.2) is 30.5 Å². The van der Waals surface area contributed by atoms with Crippen LogP contribution in [-0.4, -0.2) is 27.0 Å². The summed E-state index contributed by atoms with van der Waals surface area (Å²) in [5, 5.41) is 14.1. The molecule has 2 bridgehead atoms. The summed E-state index contributed by atoms with van der Waals surface area (Å²) in [6.07, 6.45) is 2.56. The van der Waals surface area contributed by atoms with Crippen molar-refractivity contribution in [3.05, 3.63) is 47.5 Å². The molecule has 1 fully saturated rings. The number of aryl methyl sites for hydroxylation is 1. The van der Waals surface area contributed by atoms with Gasteiger partial charge in [-0.2, -0.15) is 5.26 Å². The van der Waals surface area contributed by atoms with Gasteiger partial charge in [0.2, 0.25) is 5.88 Å². The van der Waals surface area contributed by atoms with Crippen molar-refractivity contribution in [1.82, 2.24) is 14.8 Å². The Kier molecular flexibility index (Phi) is 4.25. The molecule has 1 aliphatic heterocycles. The summed E-state index contributed by atoms with van der Waals surface area (Å²) in [6, 6.07) is 8.20. The molecule has 1 aromatic carbocycles. The summed E-state index contributed by atoms with van der Waals surface area (Å²) >= 11 is 0. The lowest BCUT2D eigenvalue weighted by molar-refractivity contribution is 0.101. The molecule has 3 heterocycles. The Balaban J connectivity index is 1.68. The van der Waals surface area contributed by atoms with E-state index in [1.807, 2.05) is 0 Å². The van der Waals surface area contributed by atoms with E-state index >= 15 is 0 Å². The molecule has 158 valence electrons. The first-order valence-corrected chi connectivity index (χ1v) is 9.90. The lowest BCUT2D eigenvalue weighted by Gasteiger charge is -2.23. The minimum absolute atomic E-state index is 0.174. The topological polar surface area (TPSA) is 108 Å². The molecule has 2 N–H and O–H groups in total. The normalized spacial score (nSPS) is 18.6. The summed E-state index contributed by atoms with van der Waals surface area (Å²) < 4.78 is 33.9. The highest BCUT2D eigenvalue weighted by Crippen LogP contribution is 2.45. The molecule has 0 radical (unpaired) electrons. The zero-order chi connectivity index (χ0) is 21.8. The van der Waals surface area contributed by atoms with E-state index in [9.17, 15) is 9.65 Å². The summed E-state index contributed by atoms with van der Waals surface area (Å²) in [5.74, 6) is 0.917. The van der Waals surface area contributed by atoms with Gasteiger partial charge in [-0.25, -0.2) is 9.37 Å². The van der Waals surface area contributed by atoms with Crippen LogP contribution < -0.4 is 19.9 Å². The third-order valence-corrected chi connectivity index (χ3v) is 5.61. The maximum absolute atomic E-state index is 14.0. The smallest absolute Gasteiger partial charge is 0.242 e. The minimum atomic E-state index is -0.564. The molecule has 5 rings (SSSR count). The number of ether oxygens (including phenoxy) is 3. The molecule has 1 atom stereocenters. The van der Waals surface area contributed by atoms with E-state index in [0.29, 0.717) is 39.8 Å². The third kappa shape index (κ3) is 3.30. The van der Waals surface area contributed by atoms with Crippen LogP contribution in [0.1, 0.15) is 37.1 Å². The fourth-order valence-electron chi connectivity index (χ4n) is 3.71. The molecule has 8 nitrogen and oxygen atoms in total. The molecule has 0 amide bonds. The molecular weight excluding hydrogens is 401 g/mol. The van der Waals surface area contributed by atoms with Gasteiger partial charge in [0, 0.05) is 24.4 Å². The van der Waals surface area contributed by atoms with Crippen molar-refractivity contribution in [2.45, 2.75) is 31.5 Å². The van der Waals surface area contributed by atoms with E-state index in [-0.39, 0.29) is 18.2 Å². The molecule has 1 saturated carbocycles. The van der Waals surface area contributed by atoms with Gasteiger partial charge in [0.15, 0.2) is 11.6 Å². The minimum Gasteiger partial charge on any atom is -0.483 e. The lowest BCUT2D eigenvalue weighted by atomic mass is 10.1. The summed E-state index contributed by atoms with van der Waals surface area (Å²) in [6.45, 7) is 2.03. The van der Waals surface area contributed by atoms with Gasteiger partial charge in [0.25, 0.3) is 0 Å². The van der Waals surface area contributed by atoms with E-state index in [4.69, 9.17) is 19.9 Å². The van der Waals surface area contributed by atoms with Gasteiger partial charge in [0.1, 0.15) is 41.6 Å². The van der Waals surface area contributed by atoms with E-state index in [2.05, 4.69) is 16.2 Å². The zero-order valence-electron chi connectivity index (χ0n) is 17.1. The van der Waals surface area contributed by atoms with Crippen LogP contribution in [0.5, 0.6) is 17.4 Å². The number of anilines is 1. The first-order chi connectivity index (χ1) is 14.9. The number of halogens is 1. The number of nitrogens with zero attached hydrogens (tertiary/aromatic N) is 4. The Bertz CT molecular complexity index is 1230. The van der Waals surface area contributed by atoms with Crippen molar-refractivity contribution in [3.63, 3.8) is 0 Å². The number of hydrogen-bond donors (Lipinski definition) is 1. The van der Waals surface area contributed by atoms with Crippen molar-refractivity contribution in [2.75, 3.05) is 12.3 Å². The molecule has 31 heavy (non-hydrogen) atoms. The van der Waals surface area contributed by atoms with Crippen LogP contribution in [0, 0.1) is 17.1 Å². The first-order valence-electron chi connectivity index (χ1n) is 9.90. The number of aromatic nitrogens is 3. The summed E-state index contributed by atoms with van der Waals surface area (Å²) in [5.41, 5.74) is 7.48. The van der Waals surface area contributed by atoms with E-state index in [1.165, 1.54) is 16.8 Å². The van der Waals surface area contributed by atoms with Crippen LogP contribution >= 0.6 is 0 Å². The Morgan fingerprint density at radius 2 is 2.10 bits per heavy atom. The Labute approximate surface area is 178 Å². The summed E-state index contributed by atoms with van der Waals surface area (Å²) in [7, 11) is 1.68. The fourth-order valence-corrected chi connectivity index (χ4v) is 3.71. The van der Waals surface area contributed by atoms with Crippen molar-refractivity contribution in [2.24, 2.45) is 7.05 Å². The van der Waals surface area contributed by atoms with Crippen molar-refractivity contribution in [1.29, 1.82) is 5.26 Å². The number of nitrogens with two attached hydrogens (primary N) is 1. The number of nitrogen functional groups attached to an aromatic ring is 1. The molecule has 3 aromatic rings. The van der Waals surface area contributed by atoms with Crippen LogP contribution in [-0.2, 0) is 7.05 Å². The van der Waals surface area contributed by atoms with Gasteiger partial charge in [-0.15, -0.1) is 5.10 Å². The van der Waals surface area contributed by atoms with E-state index in [1.54, 1.807) is 32.3 Å². The highest BCUT2D eigenvalue weighted by Gasteiger charge is 2.47. The van der Waals surface area contributed by atoms with Crippen molar-refractivity contribution < 1.29 is 18.6 Å². The molecule has 1 spiro atoms. The second kappa shape index (κ2) is 6.87. The maximum Gasteiger partial charge on any atom is 0.242 e. The maximum atomic E-state index is 14.0. The van der Waals surface area contributed by atoms with Gasteiger partial charge in [-0.3, -0.25) is 4.68 Å². The molecule has 1 aliphatic carbocycles. The molecule has 2 aliphatic rings. The van der Waals surface area contributed by atoms with Crippen LogP contribution in [0.2, 0.25) is 0 Å². The zero-order valence-corrected chi connectivity index (χ0v) is 17.1. The van der Waals surface area contributed by atoms with Gasteiger partial charge in [-0.1, -0.05) is 0 Å². The lowest BCUT2D eigenvalue weighted by Crippen LogP contribution is -2.28. The molecule has 0 saturated heterocycles. The Morgan fingerprint density at radius 3 is 2.84 bits per heavy atom. The highest BCUT2D eigenvalue weighted by molar-refractivity contribution is 5.75. The molecular formula is C22H20FN5O3. The standard InChI is InChI=1S/C22H20FN5O3/c1-12-15-8-14(23)3-4-17(15)31-22(5-6-22)11-29-21-19(16(9-24)28(2)27-21)13-7-18(30-12)20(25)26-10-13/h3-4,7-8,10,12H,5-6,11H2,1-2H3,(H2,25,26). The van der Waals surface area contributed by atoms with Crippen LogP contribution in [0.3, 0.4) is 0 Å². The van der Waals surface area contributed by atoms with Crippen molar-refractivity contribution in [3.8, 4) is 34.6 Å². The monoisotopic (exact) mass is 421 g/mol. The Hall–Kier alpha value is -3.80. The number of pyridine rings is 1. The molecule has 2 aromatic heterocycles. The van der Waals surface area contributed by atoms with Gasteiger partial charge >= 0.3 is 0 Å². The quantitative estimate of drug-likeness (QED) is 0.592. The average molecular weight is 421 g/mol. The number of fused-ring (bicyclic) bond motifs is 5. The largest absolute Gasteiger partial charge is 0.483 e. The fraction of sp³-hybridized carbons (Fsp3) is 0.318. The predicted molar refractivity (Wildman–Crippen MR) is 109 cm³/mol. The van der Waals surface area contributed by atoms with Crippen LogP contribution in [0.25, 0.3) is 11.1 Å². The van der Waals surface area contributed by atoms with Gasteiger partial charge in [0.05, 0.1) is 5.56 Å². The third-order valence-electron chi connectivity index (χ3n) is 5.61. The predicted octanol–water partition coefficient (Wildman–Crippen LogP) is 3.52. The average Bonchev–Trinajstić information content (AvgIpc) is 3.43. The Morgan fingerprint density at radius 1 is 1.29 bits per heavy atom. The second-order valence-electron chi connectivity index (χ2n) is 7.89. The van der Waals surface area contributed by atoms with E-state index in [0.717, 1.165) is 12.8 Å². The molecule has 1 unspecified atom stereocenters. The molecule has 9 heteroatoms. The first kappa shape index (κ1) is 19.2. The van der Waals surface area contributed by atoms with E-state index < -0.39 is 11.7 Å². The van der Waals surface area contributed by atoms with Crippen molar-refractivity contribution >= 4 is 5.82 Å². The van der Waals surface area contributed by atoms with Gasteiger partial charge < -0.3 is 19.9 Å². The second-order valence-corrected chi connectivity index (χ2v) is 7.89. The number of rotatable bonds is 0. The highest BCUT2D eigenvalue weighted by atomic mass is 19.1.